The number of aromatic nitrogens is 1. The first-order chi connectivity index (χ1) is 11.5. The summed E-state index contributed by atoms with van der Waals surface area (Å²) in [6, 6.07) is 5.95. The highest BCUT2D eigenvalue weighted by atomic mass is 32.1. The molecule has 1 aromatic heterocycles. The van der Waals surface area contributed by atoms with Crippen molar-refractivity contribution < 1.29 is 14.3 Å². The van der Waals surface area contributed by atoms with E-state index in [1.165, 1.54) is 18.3 Å². The van der Waals surface area contributed by atoms with Crippen LogP contribution < -0.4 is 4.90 Å². The maximum atomic E-state index is 12.2. The van der Waals surface area contributed by atoms with E-state index < -0.39 is 0 Å². The molecule has 5 nitrogen and oxygen atoms in total. The van der Waals surface area contributed by atoms with Gasteiger partial charge >= 0.3 is 5.97 Å². The Kier molecular flexibility index (Phi) is 4.66. The number of ether oxygens (including phenoxy) is 1. The molecule has 3 rings (SSSR count). The Labute approximate surface area is 145 Å². The molecule has 24 heavy (non-hydrogen) atoms. The summed E-state index contributed by atoms with van der Waals surface area (Å²) in [6.07, 6.45) is 1.85. The molecule has 1 heterocycles. The number of hydrogen-bond acceptors (Lipinski definition) is 5. The average Bonchev–Trinajstić information content (AvgIpc) is 3.27. The molecule has 0 N–H and O–H groups in total. The number of rotatable bonds is 5. The van der Waals surface area contributed by atoms with Crippen molar-refractivity contribution in [3.8, 4) is 0 Å². The number of hydrogen-bond donors (Lipinski definition) is 0. The molecule has 1 aliphatic rings. The van der Waals surface area contributed by atoms with Crippen LogP contribution in [-0.4, -0.2) is 16.9 Å². The Morgan fingerprint density at radius 2 is 2.08 bits per heavy atom. The molecule has 126 valence electrons. The van der Waals surface area contributed by atoms with Gasteiger partial charge < -0.3 is 4.74 Å². The molecular formula is C18H20N2O3S. The predicted molar refractivity (Wildman–Crippen MR) is 93.4 cm³/mol. The van der Waals surface area contributed by atoms with Gasteiger partial charge in [0, 0.05) is 12.3 Å². The van der Waals surface area contributed by atoms with Crippen molar-refractivity contribution >= 4 is 34.0 Å². The quantitative estimate of drug-likeness (QED) is 0.772. The van der Waals surface area contributed by atoms with Crippen molar-refractivity contribution in [2.75, 3.05) is 4.90 Å². The summed E-state index contributed by atoms with van der Waals surface area (Å²) in [7, 11) is 0. The molecule has 1 aliphatic carbocycles. The Hall–Kier alpha value is -2.21. The molecule has 0 spiro atoms. The standard InChI is InChI=1S/C18H20N2O3S/c1-11-4-7-16(12(2)8-11)20(13(3)21)18-19-15(10-24-18)9-23-17(22)14-5-6-14/h4,7-8,10,14H,5-6,9H2,1-3H3. The second-order valence-electron chi connectivity index (χ2n) is 6.15. The van der Waals surface area contributed by atoms with Crippen LogP contribution in [0.15, 0.2) is 23.6 Å². The number of anilines is 2. The van der Waals surface area contributed by atoms with E-state index in [9.17, 15) is 9.59 Å². The molecule has 0 bridgehead atoms. The lowest BCUT2D eigenvalue weighted by Gasteiger charge is -2.20. The Morgan fingerprint density at radius 3 is 2.71 bits per heavy atom. The molecule has 0 aliphatic heterocycles. The number of aryl methyl sites for hydroxylation is 2. The van der Waals surface area contributed by atoms with E-state index in [1.54, 1.807) is 4.90 Å². The fourth-order valence-corrected chi connectivity index (χ4v) is 3.38. The Bertz CT molecular complexity index is 780. The Balaban J connectivity index is 1.79. The summed E-state index contributed by atoms with van der Waals surface area (Å²) >= 11 is 1.37. The van der Waals surface area contributed by atoms with Gasteiger partial charge in [0.15, 0.2) is 5.13 Å². The van der Waals surface area contributed by atoms with E-state index in [0.29, 0.717) is 10.8 Å². The van der Waals surface area contributed by atoms with E-state index in [1.807, 2.05) is 37.4 Å². The first-order valence-corrected chi connectivity index (χ1v) is 8.82. The summed E-state index contributed by atoms with van der Waals surface area (Å²) in [5.41, 5.74) is 3.65. The zero-order valence-electron chi connectivity index (χ0n) is 14.0. The number of esters is 1. The van der Waals surface area contributed by atoms with Crippen molar-refractivity contribution in [1.29, 1.82) is 0 Å². The number of benzene rings is 1. The number of thiazole rings is 1. The monoisotopic (exact) mass is 344 g/mol. The highest BCUT2D eigenvalue weighted by Gasteiger charge is 2.31. The van der Waals surface area contributed by atoms with Gasteiger partial charge in [-0.1, -0.05) is 17.7 Å². The van der Waals surface area contributed by atoms with E-state index in [4.69, 9.17) is 4.74 Å². The largest absolute Gasteiger partial charge is 0.459 e. The van der Waals surface area contributed by atoms with Gasteiger partial charge in [-0.05, 0) is 38.3 Å². The van der Waals surface area contributed by atoms with Crippen LogP contribution in [0, 0.1) is 19.8 Å². The topological polar surface area (TPSA) is 59.5 Å². The fraction of sp³-hybridized carbons (Fsp3) is 0.389. The van der Waals surface area contributed by atoms with Crippen LogP contribution in [0.2, 0.25) is 0 Å². The molecule has 0 unspecified atom stereocenters. The normalized spacial score (nSPS) is 13.6. The lowest BCUT2D eigenvalue weighted by Crippen LogP contribution is -2.23. The minimum Gasteiger partial charge on any atom is -0.459 e. The van der Waals surface area contributed by atoms with Crippen LogP contribution in [0.25, 0.3) is 0 Å². The van der Waals surface area contributed by atoms with Crippen molar-refractivity contribution in [3.05, 3.63) is 40.4 Å². The Morgan fingerprint density at radius 1 is 1.33 bits per heavy atom. The average molecular weight is 344 g/mol. The summed E-state index contributed by atoms with van der Waals surface area (Å²) in [6.45, 7) is 5.67. The minimum absolute atomic E-state index is 0.0760. The molecule has 1 fully saturated rings. The van der Waals surface area contributed by atoms with Gasteiger partial charge in [0.05, 0.1) is 17.3 Å². The molecule has 1 saturated carbocycles. The predicted octanol–water partition coefficient (Wildman–Crippen LogP) is 3.90. The number of nitrogens with zero attached hydrogens (tertiary/aromatic N) is 2. The molecule has 0 radical (unpaired) electrons. The van der Waals surface area contributed by atoms with Crippen LogP contribution in [0.1, 0.15) is 36.6 Å². The second-order valence-corrected chi connectivity index (χ2v) is 6.98. The van der Waals surface area contributed by atoms with Crippen molar-refractivity contribution in [1.82, 2.24) is 4.98 Å². The fourth-order valence-electron chi connectivity index (χ4n) is 2.51. The van der Waals surface area contributed by atoms with E-state index >= 15 is 0 Å². The van der Waals surface area contributed by atoms with Gasteiger partial charge in [0.25, 0.3) is 0 Å². The molecule has 6 heteroatoms. The maximum Gasteiger partial charge on any atom is 0.309 e. The highest BCUT2D eigenvalue weighted by Crippen LogP contribution is 2.33. The summed E-state index contributed by atoms with van der Waals surface area (Å²) in [4.78, 5) is 29.8. The van der Waals surface area contributed by atoms with Gasteiger partial charge in [-0.25, -0.2) is 4.98 Å². The molecule has 0 atom stereocenters. The summed E-state index contributed by atoms with van der Waals surface area (Å²) in [5.74, 6) is -0.174. The van der Waals surface area contributed by atoms with E-state index in [2.05, 4.69) is 4.98 Å². The summed E-state index contributed by atoms with van der Waals surface area (Å²) < 4.78 is 5.25. The number of amides is 1. The third-order valence-electron chi connectivity index (χ3n) is 3.91. The number of carbonyl (C=O) groups is 2. The molecule has 0 saturated heterocycles. The minimum atomic E-state index is -0.151. The third-order valence-corrected chi connectivity index (χ3v) is 4.79. The van der Waals surface area contributed by atoms with Gasteiger partial charge in [-0.15, -0.1) is 11.3 Å². The van der Waals surface area contributed by atoms with Crippen molar-refractivity contribution in [2.24, 2.45) is 5.92 Å². The second kappa shape index (κ2) is 6.73. The SMILES string of the molecule is CC(=O)N(c1nc(COC(=O)C2CC2)cs1)c1ccc(C)cc1C. The van der Waals surface area contributed by atoms with Crippen LogP contribution in [0.4, 0.5) is 10.8 Å². The van der Waals surface area contributed by atoms with Crippen molar-refractivity contribution in [2.45, 2.75) is 40.2 Å². The zero-order chi connectivity index (χ0) is 17.3. The first kappa shape index (κ1) is 16.6. The lowest BCUT2D eigenvalue weighted by atomic mass is 10.1. The van der Waals surface area contributed by atoms with Gasteiger partial charge in [-0.3, -0.25) is 14.5 Å². The van der Waals surface area contributed by atoms with Crippen LogP contribution >= 0.6 is 11.3 Å². The van der Waals surface area contributed by atoms with Crippen LogP contribution in [0.3, 0.4) is 0 Å². The first-order valence-electron chi connectivity index (χ1n) is 7.94. The molecule has 2 aromatic rings. The van der Waals surface area contributed by atoms with E-state index in [-0.39, 0.29) is 24.4 Å². The zero-order valence-corrected chi connectivity index (χ0v) is 14.9. The van der Waals surface area contributed by atoms with Gasteiger partial charge in [0.1, 0.15) is 6.61 Å². The molecule has 1 aromatic carbocycles. The van der Waals surface area contributed by atoms with Gasteiger partial charge in [0.2, 0.25) is 5.91 Å². The number of carbonyl (C=O) groups excluding carboxylic acids is 2. The summed E-state index contributed by atoms with van der Waals surface area (Å²) in [5, 5.41) is 2.42. The van der Waals surface area contributed by atoms with Crippen LogP contribution in [0.5, 0.6) is 0 Å². The van der Waals surface area contributed by atoms with Crippen molar-refractivity contribution in [3.63, 3.8) is 0 Å². The van der Waals surface area contributed by atoms with Crippen LogP contribution in [-0.2, 0) is 20.9 Å². The maximum absolute atomic E-state index is 12.2. The lowest BCUT2D eigenvalue weighted by molar-refractivity contribution is -0.146. The third kappa shape index (κ3) is 3.64. The molecular weight excluding hydrogens is 324 g/mol. The smallest absolute Gasteiger partial charge is 0.309 e. The highest BCUT2D eigenvalue weighted by molar-refractivity contribution is 7.14. The van der Waals surface area contributed by atoms with E-state index in [0.717, 1.165) is 29.7 Å². The van der Waals surface area contributed by atoms with Gasteiger partial charge in [-0.2, -0.15) is 0 Å². The molecule has 1 amide bonds.